The minimum Gasteiger partial charge on any atom is -0.755 e. The Morgan fingerprint density at radius 1 is 1.04 bits per heavy atom. The van der Waals surface area contributed by atoms with Gasteiger partial charge in [-0.3, -0.25) is 9.19 Å². The van der Waals surface area contributed by atoms with Crippen molar-refractivity contribution in [3.63, 3.8) is 0 Å². The molecule has 3 aromatic rings. The lowest BCUT2D eigenvalue weighted by Gasteiger charge is -2.19. The molecule has 0 radical (unpaired) electrons. The third-order valence-electron chi connectivity index (χ3n) is 4.18. The van der Waals surface area contributed by atoms with Gasteiger partial charge in [0.15, 0.2) is 0 Å². The van der Waals surface area contributed by atoms with Crippen LogP contribution in [0.3, 0.4) is 0 Å². The third-order valence-corrected chi connectivity index (χ3v) is 4.57. The Bertz CT molecular complexity index is 875. The minimum absolute atomic E-state index is 0.0379. The maximum atomic E-state index is 13.8. The summed E-state index contributed by atoms with van der Waals surface area (Å²) in [5.74, 6) is -0.432. The Hall–Kier alpha value is -2.57. The van der Waals surface area contributed by atoms with E-state index in [2.05, 4.69) is 21.8 Å². The molecule has 2 atom stereocenters. The number of anilines is 1. The molecule has 0 fully saturated rings. The number of hydrogen-bond donors (Lipinski definition) is 1. The van der Waals surface area contributed by atoms with Crippen LogP contribution in [0.2, 0.25) is 0 Å². The van der Waals surface area contributed by atoms with Crippen molar-refractivity contribution in [1.82, 2.24) is 4.98 Å². The van der Waals surface area contributed by atoms with Crippen LogP contribution in [0.1, 0.15) is 22.6 Å². The highest BCUT2D eigenvalue weighted by atomic mass is 32.2. The topological polar surface area (TPSA) is 65.0 Å². The van der Waals surface area contributed by atoms with Gasteiger partial charge in [0, 0.05) is 23.7 Å². The van der Waals surface area contributed by atoms with Crippen LogP contribution >= 0.6 is 0 Å². The average Bonchev–Trinajstić information content (AvgIpc) is 2.65. The number of nitrogens with one attached hydrogen (secondary N) is 1. The lowest BCUT2D eigenvalue weighted by atomic mass is 9.87. The highest BCUT2D eigenvalue weighted by Crippen LogP contribution is 2.27. The van der Waals surface area contributed by atoms with Crippen molar-refractivity contribution in [1.29, 1.82) is 0 Å². The maximum Gasteiger partial charge on any atom is 0.147 e. The molecular weight excluding hydrogens is 351 g/mol. The molecule has 0 saturated heterocycles. The zero-order valence-corrected chi connectivity index (χ0v) is 14.8. The van der Waals surface area contributed by atoms with Gasteiger partial charge in [0.25, 0.3) is 0 Å². The molecule has 1 heterocycles. The molecule has 1 aromatic heterocycles. The van der Waals surface area contributed by atoms with Crippen LogP contribution < -0.4 is 4.72 Å². The summed E-state index contributed by atoms with van der Waals surface area (Å²) < 4.78 is 37.6. The van der Waals surface area contributed by atoms with Crippen LogP contribution in [0.4, 0.5) is 10.1 Å². The van der Waals surface area contributed by atoms with Crippen molar-refractivity contribution in [3.8, 4) is 0 Å². The monoisotopic (exact) mass is 369 g/mol. The second-order valence-corrected chi connectivity index (χ2v) is 6.70. The second kappa shape index (κ2) is 8.69. The molecule has 0 amide bonds. The van der Waals surface area contributed by atoms with Crippen LogP contribution in [0, 0.1) is 5.82 Å². The molecular formula is C20H18FN2O2S-. The van der Waals surface area contributed by atoms with Crippen molar-refractivity contribution in [3.05, 3.63) is 95.6 Å². The highest BCUT2D eigenvalue weighted by molar-refractivity contribution is 7.80. The fourth-order valence-electron chi connectivity index (χ4n) is 2.99. The van der Waals surface area contributed by atoms with Crippen molar-refractivity contribution in [2.75, 3.05) is 4.72 Å². The van der Waals surface area contributed by atoms with E-state index in [0.29, 0.717) is 6.42 Å². The van der Waals surface area contributed by atoms with Gasteiger partial charge < -0.3 is 9.27 Å². The van der Waals surface area contributed by atoms with Gasteiger partial charge in [0.2, 0.25) is 0 Å². The van der Waals surface area contributed by atoms with Gasteiger partial charge >= 0.3 is 0 Å². The first-order valence-corrected chi connectivity index (χ1v) is 9.27. The molecule has 0 spiro atoms. The van der Waals surface area contributed by atoms with E-state index in [4.69, 9.17) is 0 Å². The Morgan fingerprint density at radius 3 is 2.50 bits per heavy atom. The van der Waals surface area contributed by atoms with Crippen LogP contribution in [0.25, 0.3) is 0 Å². The van der Waals surface area contributed by atoms with Crippen LogP contribution in [0.15, 0.2) is 73.1 Å². The quantitative estimate of drug-likeness (QED) is 0.640. The fraction of sp³-hybridized carbons (Fsp3) is 0.150. The SMILES string of the molecule is O=S([O-])Nc1cc(CC(Cc2cccnc2)c2ccccc2)ccc1F. The highest BCUT2D eigenvalue weighted by Gasteiger charge is 2.15. The molecule has 0 bridgehead atoms. The molecule has 0 aliphatic heterocycles. The molecule has 0 saturated carbocycles. The van der Waals surface area contributed by atoms with E-state index in [9.17, 15) is 13.2 Å². The summed E-state index contributed by atoms with van der Waals surface area (Å²) in [5, 5.41) is 0. The molecule has 4 nitrogen and oxygen atoms in total. The third kappa shape index (κ3) is 4.97. The van der Waals surface area contributed by atoms with Gasteiger partial charge in [-0.05, 0) is 53.6 Å². The summed E-state index contributed by atoms with van der Waals surface area (Å²) >= 11 is -2.56. The molecule has 0 aliphatic rings. The molecule has 134 valence electrons. The largest absolute Gasteiger partial charge is 0.755 e. The van der Waals surface area contributed by atoms with Crippen molar-refractivity contribution in [2.45, 2.75) is 18.8 Å². The summed E-state index contributed by atoms with van der Waals surface area (Å²) in [6.07, 6.45) is 5.01. The number of pyridine rings is 1. The van der Waals surface area contributed by atoms with Crippen LogP contribution in [-0.4, -0.2) is 13.7 Å². The van der Waals surface area contributed by atoms with E-state index in [0.717, 1.165) is 17.5 Å². The molecule has 2 aromatic carbocycles. The zero-order valence-electron chi connectivity index (χ0n) is 14.0. The Labute approximate surface area is 154 Å². The Balaban J connectivity index is 1.87. The summed E-state index contributed by atoms with van der Waals surface area (Å²) in [6.45, 7) is 0. The van der Waals surface area contributed by atoms with Crippen molar-refractivity contribution >= 4 is 17.0 Å². The lowest BCUT2D eigenvalue weighted by molar-refractivity contribution is 0.541. The van der Waals surface area contributed by atoms with E-state index < -0.39 is 17.1 Å². The van der Waals surface area contributed by atoms with Gasteiger partial charge in [-0.1, -0.05) is 42.5 Å². The normalized spacial score (nSPS) is 13.2. The fourth-order valence-corrected chi connectivity index (χ4v) is 3.32. The number of nitrogens with zero attached hydrogens (tertiary/aromatic N) is 1. The number of rotatable bonds is 7. The Morgan fingerprint density at radius 2 is 1.81 bits per heavy atom. The van der Waals surface area contributed by atoms with E-state index in [1.807, 2.05) is 36.5 Å². The summed E-state index contributed by atoms with van der Waals surface area (Å²) in [4.78, 5) is 4.17. The Kier molecular flexibility index (Phi) is 6.09. The smallest absolute Gasteiger partial charge is 0.147 e. The molecule has 2 unspecified atom stereocenters. The zero-order chi connectivity index (χ0) is 18.4. The number of benzene rings is 2. The molecule has 3 rings (SSSR count). The van der Waals surface area contributed by atoms with Gasteiger partial charge in [0.05, 0.1) is 5.69 Å². The van der Waals surface area contributed by atoms with E-state index >= 15 is 0 Å². The van der Waals surface area contributed by atoms with E-state index in [1.54, 1.807) is 18.3 Å². The van der Waals surface area contributed by atoms with Gasteiger partial charge in [0.1, 0.15) is 5.82 Å². The molecule has 26 heavy (non-hydrogen) atoms. The van der Waals surface area contributed by atoms with Crippen molar-refractivity contribution < 1.29 is 13.2 Å². The van der Waals surface area contributed by atoms with E-state index in [-0.39, 0.29) is 11.6 Å². The molecule has 6 heteroatoms. The van der Waals surface area contributed by atoms with Crippen LogP contribution in [0.5, 0.6) is 0 Å². The summed E-state index contributed by atoms with van der Waals surface area (Å²) in [6, 6.07) is 18.5. The molecule has 1 N–H and O–H groups in total. The number of aromatic nitrogens is 1. The van der Waals surface area contributed by atoms with Crippen LogP contribution in [-0.2, 0) is 24.1 Å². The maximum absolute atomic E-state index is 13.8. The molecule has 0 aliphatic carbocycles. The van der Waals surface area contributed by atoms with E-state index in [1.165, 1.54) is 11.6 Å². The van der Waals surface area contributed by atoms with Crippen molar-refractivity contribution in [2.24, 2.45) is 0 Å². The predicted octanol–water partition coefficient (Wildman–Crippen LogP) is 4.00. The predicted molar refractivity (Wildman–Crippen MR) is 99.8 cm³/mol. The van der Waals surface area contributed by atoms with Gasteiger partial charge in [-0.15, -0.1) is 0 Å². The first-order valence-electron chi connectivity index (χ1n) is 8.20. The standard InChI is InChI=1S/C20H19FN2O2S/c21-19-9-8-15(13-20(19)23-26(24)25)11-18(17-6-2-1-3-7-17)12-16-5-4-10-22-14-16/h1-10,13-14,18,23H,11-12H2,(H,24,25)/p-1. The number of halogens is 1. The summed E-state index contributed by atoms with van der Waals surface area (Å²) in [7, 11) is 0. The van der Waals surface area contributed by atoms with Gasteiger partial charge in [-0.25, -0.2) is 4.39 Å². The minimum atomic E-state index is -2.56. The second-order valence-electron chi connectivity index (χ2n) is 6.03. The average molecular weight is 369 g/mol. The first kappa shape index (κ1) is 18.2. The first-order chi connectivity index (χ1) is 12.6. The van der Waals surface area contributed by atoms with Gasteiger partial charge in [-0.2, -0.15) is 0 Å². The lowest BCUT2D eigenvalue weighted by Crippen LogP contribution is -2.09. The summed E-state index contributed by atoms with van der Waals surface area (Å²) in [5.41, 5.74) is 3.10. The number of hydrogen-bond acceptors (Lipinski definition) is 3.